The summed E-state index contributed by atoms with van der Waals surface area (Å²) in [5.41, 5.74) is 6.79. The molecule has 2 rings (SSSR count). The maximum absolute atomic E-state index is 10.1. The zero-order chi connectivity index (χ0) is 32.2. The average Bonchev–Trinajstić information content (AvgIpc) is 2.87. The molecule has 3 nitrogen and oxygen atoms in total. The molecule has 234 valence electrons. The lowest BCUT2D eigenvalue weighted by Gasteiger charge is -2.38. The summed E-state index contributed by atoms with van der Waals surface area (Å²) in [6.45, 7) is 19.3. The molecule has 3 heteroatoms. The molecular weight excluding hydrogens is 528 g/mol. The van der Waals surface area contributed by atoms with Crippen molar-refractivity contribution in [2.45, 2.75) is 87.4 Å². The molecule has 0 aromatic carbocycles. The van der Waals surface area contributed by atoms with Gasteiger partial charge in [-0.2, -0.15) is 0 Å². The van der Waals surface area contributed by atoms with Crippen molar-refractivity contribution in [3.05, 3.63) is 131 Å². The molecule has 0 aromatic heterocycles. The molecule has 43 heavy (non-hydrogen) atoms. The molecular formula is C40H56O3. The van der Waals surface area contributed by atoms with Gasteiger partial charge in [0.15, 0.2) is 0 Å². The van der Waals surface area contributed by atoms with Crippen molar-refractivity contribution in [2.75, 3.05) is 6.61 Å². The Morgan fingerprint density at radius 1 is 0.651 bits per heavy atom. The molecule has 2 aliphatic carbocycles. The summed E-state index contributed by atoms with van der Waals surface area (Å²) in [4.78, 5) is 0. The van der Waals surface area contributed by atoms with Crippen LogP contribution in [0.3, 0.4) is 0 Å². The Kier molecular flexibility index (Phi) is 14.1. The second-order valence-corrected chi connectivity index (χ2v) is 13.7. The van der Waals surface area contributed by atoms with Crippen LogP contribution in [0.5, 0.6) is 0 Å². The van der Waals surface area contributed by atoms with Gasteiger partial charge in [0, 0.05) is 11.8 Å². The maximum Gasteiger partial charge on any atom is 0.0729 e. The van der Waals surface area contributed by atoms with Crippen LogP contribution in [-0.2, 0) is 0 Å². The first-order valence-corrected chi connectivity index (χ1v) is 15.6. The van der Waals surface area contributed by atoms with Gasteiger partial charge in [0.25, 0.3) is 0 Å². The SMILES string of the molecule is CC1=CC(O)CC(C)(C)C1/C=C/C(C)=C/C=C/C(=C/C=C/C=C(C)/C=C/C=C(C)/C=C/C1C(C)=CC(O)CC1(C)C)CO. The van der Waals surface area contributed by atoms with E-state index in [1.165, 1.54) is 16.7 Å². The van der Waals surface area contributed by atoms with E-state index in [1.54, 1.807) is 0 Å². The molecule has 0 saturated carbocycles. The minimum Gasteiger partial charge on any atom is -0.392 e. The van der Waals surface area contributed by atoms with Gasteiger partial charge in [0.2, 0.25) is 0 Å². The van der Waals surface area contributed by atoms with Gasteiger partial charge in [0.05, 0.1) is 18.8 Å². The fourth-order valence-corrected chi connectivity index (χ4v) is 6.21. The third kappa shape index (κ3) is 12.3. The van der Waals surface area contributed by atoms with Crippen LogP contribution in [0.15, 0.2) is 131 Å². The zero-order valence-corrected chi connectivity index (χ0v) is 28.0. The van der Waals surface area contributed by atoms with Crippen LogP contribution in [-0.4, -0.2) is 34.1 Å². The highest BCUT2D eigenvalue weighted by atomic mass is 16.3. The van der Waals surface area contributed by atoms with Crippen LogP contribution in [0.4, 0.5) is 0 Å². The monoisotopic (exact) mass is 584 g/mol. The molecule has 0 bridgehead atoms. The van der Waals surface area contributed by atoms with Crippen molar-refractivity contribution in [3.8, 4) is 0 Å². The molecule has 0 amide bonds. The van der Waals surface area contributed by atoms with Gasteiger partial charge in [-0.25, -0.2) is 0 Å². The van der Waals surface area contributed by atoms with Crippen molar-refractivity contribution in [1.82, 2.24) is 0 Å². The quantitative estimate of drug-likeness (QED) is 0.168. The number of aliphatic hydroxyl groups excluding tert-OH is 3. The smallest absolute Gasteiger partial charge is 0.0729 e. The highest BCUT2D eigenvalue weighted by Gasteiger charge is 2.35. The summed E-state index contributed by atoms with van der Waals surface area (Å²) in [6, 6.07) is 0. The summed E-state index contributed by atoms with van der Waals surface area (Å²) in [7, 11) is 0. The van der Waals surface area contributed by atoms with E-state index in [2.05, 4.69) is 105 Å². The minimum absolute atomic E-state index is 0.0231. The Hall–Kier alpha value is -2.98. The fourth-order valence-electron chi connectivity index (χ4n) is 6.21. The van der Waals surface area contributed by atoms with Crippen molar-refractivity contribution in [3.63, 3.8) is 0 Å². The Morgan fingerprint density at radius 2 is 1.05 bits per heavy atom. The third-order valence-electron chi connectivity index (χ3n) is 8.50. The van der Waals surface area contributed by atoms with Gasteiger partial charge in [0.1, 0.15) is 0 Å². The van der Waals surface area contributed by atoms with Gasteiger partial charge >= 0.3 is 0 Å². The summed E-state index contributed by atoms with van der Waals surface area (Å²) in [5, 5.41) is 29.9. The molecule has 0 radical (unpaired) electrons. The number of hydrogen-bond donors (Lipinski definition) is 3. The van der Waals surface area contributed by atoms with Gasteiger partial charge in [-0.1, -0.05) is 153 Å². The average molecular weight is 585 g/mol. The maximum atomic E-state index is 10.1. The van der Waals surface area contributed by atoms with Crippen LogP contribution in [0.25, 0.3) is 0 Å². The Balaban J connectivity index is 1.93. The van der Waals surface area contributed by atoms with E-state index >= 15 is 0 Å². The number of hydrogen-bond acceptors (Lipinski definition) is 3. The van der Waals surface area contributed by atoms with Gasteiger partial charge in [-0.15, -0.1) is 0 Å². The molecule has 3 N–H and O–H groups in total. The fraction of sp³-hybridized carbons (Fsp3) is 0.450. The lowest BCUT2D eigenvalue weighted by Crippen LogP contribution is -2.32. The van der Waals surface area contributed by atoms with E-state index in [4.69, 9.17) is 0 Å². The highest BCUT2D eigenvalue weighted by molar-refractivity contribution is 5.34. The van der Waals surface area contributed by atoms with Crippen LogP contribution in [0.1, 0.15) is 75.2 Å². The molecule has 0 saturated heterocycles. The first kappa shape index (κ1) is 36.2. The van der Waals surface area contributed by atoms with Crippen LogP contribution >= 0.6 is 0 Å². The first-order valence-electron chi connectivity index (χ1n) is 15.6. The van der Waals surface area contributed by atoms with E-state index in [9.17, 15) is 15.3 Å². The normalized spacial score (nSPS) is 27.7. The minimum atomic E-state index is -0.355. The van der Waals surface area contributed by atoms with Gasteiger partial charge in [-0.05, 0) is 63.9 Å². The molecule has 0 spiro atoms. The topological polar surface area (TPSA) is 60.7 Å². The van der Waals surface area contributed by atoms with Gasteiger partial charge < -0.3 is 15.3 Å². The Bertz CT molecular complexity index is 1280. The summed E-state index contributed by atoms with van der Waals surface area (Å²) >= 11 is 0. The van der Waals surface area contributed by atoms with E-state index in [1.807, 2.05) is 54.7 Å². The van der Waals surface area contributed by atoms with Crippen molar-refractivity contribution >= 4 is 0 Å². The second kappa shape index (κ2) is 16.8. The van der Waals surface area contributed by atoms with Crippen molar-refractivity contribution < 1.29 is 15.3 Å². The van der Waals surface area contributed by atoms with E-state index in [-0.39, 0.29) is 29.6 Å². The van der Waals surface area contributed by atoms with E-state index < -0.39 is 0 Å². The molecule has 4 atom stereocenters. The Labute approximate surface area is 262 Å². The van der Waals surface area contributed by atoms with Crippen LogP contribution < -0.4 is 0 Å². The predicted octanol–water partition coefficient (Wildman–Crippen LogP) is 9.23. The number of rotatable bonds is 11. The molecule has 0 heterocycles. The molecule has 0 aliphatic heterocycles. The Morgan fingerprint density at radius 3 is 1.49 bits per heavy atom. The lowest BCUT2D eigenvalue weighted by molar-refractivity contribution is 0.117. The van der Waals surface area contributed by atoms with Gasteiger partial charge in [-0.3, -0.25) is 0 Å². The van der Waals surface area contributed by atoms with Crippen LogP contribution in [0, 0.1) is 22.7 Å². The lowest BCUT2D eigenvalue weighted by atomic mass is 9.67. The highest BCUT2D eigenvalue weighted by Crippen LogP contribution is 2.42. The molecule has 2 aliphatic rings. The predicted molar refractivity (Wildman–Crippen MR) is 185 cm³/mol. The number of allylic oxidation sites excluding steroid dienone is 18. The summed E-state index contributed by atoms with van der Waals surface area (Å²) < 4.78 is 0. The first-order chi connectivity index (χ1) is 20.1. The van der Waals surface area contributed by atoms with Crippen molar-refractivity contribution in [2.24, 2.45) is 22.7 Å². The third-order valence-corrected chi connectivity index (χ3v) is 8.50. The summed E-state index contributed by atoms with van der Waals surface area (Å²) in [6.07, 6.45) is 33.7. The number of aliphatic hydroxyl groups is 3. The van der Waals surface area contributed by atoms with E-state index in [0.717, 1.165) is 29.6 Å². The van der Waals surface area contributed by atoms with E-state index in [0.29, 0.717) is 11.8 Å². The zero-order valence-electron chi connectivity index (χ0n) is 28.0. The van der Waals surface area contributed by atoms with Crippen molar-refractivity contribution in [1.29, 1.82) is 0 Å². The standard InChI is InChI=1S/C40H56O3/c1-29(15-12-16-30(2)20-22-37-32(4)24-35(42)26-39(37,6)7)14-10-11-18-34(28-41)19-13-17-31(3)21-23-38-33(5)25-36(43)27-40(38,8)9/h10-25,35-38,41-43H,26-28H2,1-9H3/b11-10+,15-12+,19-13+,22-20+,23-21+,29-14+,30-16+,31-17+,34-18-. The van der Waals surface area contributed by atoms with Crippen LogP contribution in [0.2, 0.25) is 0 Å². The molecule has 4 unspecified atom stereocenters. The second-order valence-electron chi connectivity index (χ2n) is 13.7. The summed E-state index contributed by atoms with van der Waals surface area (Å²) in [5.74, 6) is 0.637. The largest absolute Gasteiger partial charge is 0.392 e. The molecule has 0 fully saturated rings. The molecule has 0 aromatic rings.